The average Bonchev–Trinajstić information content (AvgIpc) is 2.38. The molecular weight excluding hydrogens is 350 g/mol. The summed E-state index contributed by atoms with van der Waals surface area (Å²) in [6, 6.07) is 6.53. The van der Waals surface area contributed by atoms with Gasteiger partial charge in [0.05, 0.1) is 25.3 Å². The zero-order chi connectivity index (χ0) is 15.8. The second kappa shape index (κ2) is 8.81. The van der Waals surface area contributed by atoms with Gasteiger partial charge >= 0.3 is 0 Å². The summed E-state index contributed by atoms with van der Waals surface area (Å²) in [4.78, 5) is 24.6. The fourth-order valence-electron chi connectivity index (χ4n) is 1.65. The van der Waals surface area contributed by atoms with Crippen LogP contribution < -0.4 is 5.32 Å². The van der Waals surface area contributed by atoms with Crippen molar-refractivity contribution in [3.63, 3.8) is 0 Å². The summed E-state index contributed by atoms with van der Waals surface area (Å²) in [5, 5.41) is 10.9. The lowest BCUT2D eigenvalue weighted by atomic mass is 10.2. The number of amides is 2. The van der Waals surface area contributed by atoms with Crippen LogP contribution >= 0.6 is 15.9 Å². The summed E-state index contributed by atoms with van der Waals surface area (Å²) in [7, 11) is 0. The van der Waals surface area contributed by atoms with Crippen LogP contribution in [0.25, 0.3) is 0 Å². The number of carbonyl (C=O) groups excluding carboxylic acids is 2. The van der Waals surface area contributed by atoms with E-state index in [1.807, 2.05) is 0 Å². The molecule has 0 aliphatic rings. The van der Waals surface area contributed by atoms with Crippen LogP contribution in [0.15, 0.2) is 28.7 Å². The molecule has 21 heavy (non-hydrogen) atoms. The lowest BCUT2D eigenvalue weighted by Gasteiger charge is -2.19. The standard InChI is InChI=1S/C13H15BrF2N2O3/c14-10-4-2-1-3-9(10)13(21)17-12(20)8-18(5-6-19)7-11(15)16/h1-4,11,19H,5-8H2,(H,17,20,21). The Morgan fingerprint density at radius 1 is 1.33 bits per heavy atom. The van der Waals surface area contributed by atoms with Crippen LogP contribution in [0.5, 0.6) is 0 Å². The van der Waals surface area contributed by atoms with Crippen molar-refractivity contribution in [3.8, 4) is 0 Å². The minimum Gasteiger partial charge on any atom is -0.395 e. The van der Waals surface area contributed by atoms with E-state index in [9.17, 15) is 18.4 Å². The van der Waals surface area contributed by atoms with Crippen LogP contribution in [0, 0.1) is 0 Å². The summed E-state index contributed by atoms with van der Waals surface area (Å²) in [5.74, 6) is -1.32. The molecule has 0 aliphatic heterocycles. The molecule has 0 heterocycles. The number of imide groups is 1. The molecule has 0 bridgehead atoms. The topological polar surface area (TPSA) is 69.6 Å². The average molecular weight is 365 g/mol. The van der Waals surface area contributed by atoms with Gasteiger partial charge in [-0.1, -0.05) is 12.1 Å². The number of rotatable bonds is 7. The zero-order valence-corrected chi connectivity index (χ0v) is 12.6. The van der Waals surface area contributed by atoms with Gasteiger partial charge in [0.1, 0.15) is 0 Å². The van der Waals surface area contributed by atoms with Gasteiger partial charge in [-0.05, 0) is 28.1 Å². The molecular formula is C13H15BrF2N2O3. The maximum Gasteiger partial charge on any atom is 0.259 e. The molecule has 0 atom stereocenters. The van der Waals surface area contributed by atoms with Crippen LogP contribution in [-0.4, -0.2) is 54.5 Å². The smallest absolute Gasteiger partial charge is 0.259 e. The lowest BCUT2D eigenvalue weighted by molar-refractivity contribution is -0.121. The monoisotopic (exact) mass is 364 g/mol. The molecule has 0 saturated heterocycles. The molecule has 2 amide bonds. The predicted molar refractivity (Wildman–Crippen MR) is 76.1 cm³/mol. The molecule has 0 aromatic heterocycles. The first-order valence-electron chi connectivity index (χ1n) is 6.14. The van der Waals surface area contributed by atoms with Gasteiger partial charge in [0.25, 0.3) is 12.3 Å². The number of aliphatic hydroxyl groups excluding tert-OH is 1. The van der Waals surface area contributed by atoms with Crippen molar-refractivity contribution in [1.82, 2.24) is 10.2 Å². The number of nitrogens with one attached hydrogen (secondary N) is 1. The highest BCUT2D eigenvalue weighted by Gasteiger charge is 2.18. The minimum atomic E-state index is -2.62. The van der Waals surface area contributed by atoms with Crippen molar-refractivity contribution in [1.29, 1.82) is 0 Å². The number of nitrogens with zero attached hydrogens (tertiary/aromatic N) is 1. The molecule has 1 aromatic rings. The normalized spacial score (nSPS) is 11.0. The van der Waals surface area contributed by atoms with E-state index in [1.165, 1.54) is 6.07 Å². The number of hydrogen-bond donors (Lipinski definition) is 2. The first kappa shape index (κ1) is 17.7. The Kier molecular flexibility index (Phi) is 7.41. The molecule has 116 valence electrons. The fraction of sp³-hybridized carbons (Fsp3) is 0.385. The van der Waals surface area contributed by atoms with E-state index < -0.39 is 24.8 Å². The first-order valence-corrected chi connectivity index (χ1v) is 6.93. The summed E-state index contributed by atoms with van der Waals surface area (Å²) < 4.78 is 25.1. The van der Waals surface area contributed by atoms with Crippen LogP contribution in [-0.2, 0) is 4.79 Å². The Morgan fingerprint density at radius 3 is 2.57 bits per heavy atom. The van der Waals surface area contributed by atoms with Gasteiger partial charge in [-0.25, -0.2) is 8.78 Å². The Bertz CT molecular complexity index is 500. The highest BCUT2D eigenvalue weighted by molar-refractivity contribution is 9.10. The zero-order valence-electron chi connectivity index (χ0n) is 11.1. The molecule has 0 unspecified atom stereocenters. The van der Waals surface area contributed by atoms with Crippen molar-refractivity contribution >= 4 is 27.7 Å². The third-order valence-corrected chi connectivity index (χ3v) is 3.24. The Morgan fingerprint density at radius 2 is 2.00 bits per heavy atom. The van der Waals surface area contributed by atoms with E-state index in [-0.39, 0.29) is 25.3 Å². The summed E-state index contributed by atoms with van der Waals surface area (Å²) in [5.41, 5.74) is 0.272. The van der Waals surface area contributed by atoms with Crippen LogP contribution in [0.3, 0.4) is 0 Å². The third kappa shape index (κ3) is 6.28. The number of carbonyl (C=O) groups is 2. The van der Waals surface area contributed by atoms with Gasteiger partial charge in [0.2, 0.25) is 5.91 Å². The number of alkyl halides is 2. The highest BCUT2D eigenvalue weighted by Crippen LogP contribution is 2.15. The van der Waals surface area contributed by atoms with Crippen molar-refractivity contribution in [2.24, 2.45) is 0 Å². The quantitative estimate of drug-likeness (QED) is 0.764. The number of hydrogen-bond acceptors (Lipinski definition) is 4. The van der Waals surface area contributed by atoms with Crippen molar-refractivity contribution in [2.45, 2.75) is 6.43 Å². The molecule has 0 spiro atoms. The number of halogens is 3. The van der Waals surface area contributed by atoms with Gasteiger partial charge in [0, 0.05) is 11.0 Å². The summed E-state index contributed by atoms with van der Waals surface area (Å²) >= 11 is 3.18. The largest absolute Gasteiger partial charge is 0.395 e. The highest BCUT2D eigenvalue weighted by atomic mass is 79.9. The van der Waals surface area contributed by atoms with E-state index in [0.29, 0.717) is 4.47 Å². The van der Waals surface area contributed by atoms with Crippen LogP contribution in [0.4, 0.5) is 8.78 Å². The molecule has 8 heteroatoms. The SMILES string of the molecule is O=C(CN(CCO)CC(F)F)NC(=O)c1ccccc1Br. The Balaban J connectivity index is 2.59. The predicted octanol–water partition coefficient (Wildman–Crippen LogP) is 1.26. The van der Waals surface area contributed by atoms with Gasteiger partial charge in [-0.3, -0.25) is 19.8 Å². The molecule has 0 aliphatic carbocycles. The second-order valence-corrected chi connectivity index (χ2v) is 5.06. The van der Waals surface area contributed by atoms with Gasteiger partial charge in [0.15, 0.2) is 0 Å². The van der Waals surface area contributed by atoms with Crippen molar-refractivity contribution in [2.75, 3.05) is 26.2 Å². The first-order chi connectivity index (χ1) is 9.93. The molecule has 0 radical (unpaired) electrons. The second-order valence-electron chi connectivity index (χ2n) is 4.21. The van der Waals surface area contributed by atoms with Gasteiger partial charge in [-0.2, -0.15) is 0 Å². The van der Waals surface area contributed by atoms with E-state index in [0.717, 1.165) is 4.90 Å². The fourth-order valence-corrected chi connectivity index (χ4v) is 2.12. The van der Waals surface area contributed by atoms with Gasteiger partial charge < -0.3 is 5.11 Å². The Hall–Kier alpha value is -1.38. The lowest BCUT2D eigenvalue weighted by Crippen LogP contribution is -2.42. The van der Waals surface area contributed by atoms with Crippen LogP contribution in [0.1, 0.15) is 10.4 Å². The third-order valence-electron chi connectivity index (χ3n) is 2.55. The van der Waals surface area contributed by atoms with E-state index in [2.05, 4.69) is 21.2 Å². The number of aliphatic hydroxyl groups is 1. The number of benzene rings is 1. The molecule has 1 rings (SSSR count). The Labute approximate surface area is 129 Å². The molecule has 1 aromatic carbocycles. The molecule has 5 nitrogen and oxygen atoms in total. The summed E-state index contributed by atoms with van der Waals surface area (Å²) in [6.07, 6.45) is -2.62. The van der Waals surface area contributed by atoms with Crippen molar-refractivity contribution < 1.29 is 23.5 Å². The minimum absolute atomic E-state index is 0.0685. The summed E-state index contributed by atoms with van der Waals surface area (Å²) in [6.45, 7) is -1.45. The molecule has 0 fully saturated rings. The van der Waals surface area contributed by atoms with Gasteiger partial charge in [-0.15, -0.1) is 0 Å². The maximum absolute atomic E-state index is 12.3. The van der Waals surface area contributed by atoms with E-state index in [4.69, 9.17) is 5.11 Å². The van der Waals surface area contributed by atoms with E-state index >= 15 is 0 Å². The van der Waals surface area contributed by atoms with Crippen molar-refractivity contribution in [3.05, 3.63) is 34.3 Å². The maximum atomic E-state index is 12.3. The molecule has 0 saturated carbocycles. The van der Waals surface area contributed by atoms with Crippen LogP contribution in [0.2, 0.25) is 0 Å². The molecule has 2 N–H and O–H groups in total. The van der Waals surface area contributed by atoms with E-state index in [1.54, 1.807) is 18.2 Å².